The van der Waals surface area contributed by atoms with Crippen molar-refractivity contribution in [1.82, 2.24) is 64.3 Å². The molecule has 77 heavy (non-hydrogen) atoms. The van der Waals surface area contributed by atoms with Gasteiger partial charge in [-0.05, 0) is 53.1 Å². The number of amides is 2. The van der Waals surface area contributed by atoms with E-state index in [1.165, 1.54) is 38.9 Å². The third-order valence-electron chi connectivity index (χ3n) is 11.5. The van der Waals surface area contributed by atoms with Gasteiger partial charge < -0.3 is 39.0 Å². The van der Waals surface area contributed by atoms with Crippen LogP contribution >= 0.6 is 11.6 Å². The quantitative estimate of drug-likeness (QED) is 0.126. The summed E-state index contributed by atoms with van der Waals surface area (Å²) >= 11 is 6.08. The van der Waals surface area contributed by atoms with Gasteiger partial charge in [0.25, 0.3) is 0 Å². The van der Waals surface area contributed by atoms with Crippen molar-refractivity contribution in [2.75, 3.05) is 117 Å². The Morgan fingerprint density at radius 3 is 1.38 bits per heavy atom. The van der Waals surface area contributed by atoms with E-state index in [2.05, 4.69) is 50.2 Å². The molecule has 24 nitrogen and oxygen atoms in total. The molecule has 0 radical (unpaired) electrons. The van der Waals surface area contributed by atoms with Crippen LogP contribution in [0.2, 0.25) is 5.28 Å². The second kappa shape index (κ2) is 22.5. The largest absolute Gasteiger partial charge is 0.443 e. The minimum atomic E-state index is -4.54. The van der Waals surface area contributed by atoms with E-state index in [1.54, 1.807) is 41.5 Å². The summed E-state index contributed by atoms with van der Waals surface area (Å²) in [7, 11) is 2.94. The van der Waals surface area contributed by atoms with E-state index >= 15 is 0 Å². The summed E-state index contributed by atoms with van der Waals surface area (Å²) < 4.78 is 105. The number of morpholine rings is 2. The third kappa shape index (κ3) is 13.9. The Hall–Kier alpha value is -7.05. The van der Waals surface area contributed by atoms with Gasteiger partial charge in [-0.1, -0.05) is 0 Å². The summed E-state index contributed by atoms with van der Waals surface area (Å²) in [5.41, 5.74) is -0.281. The zero-order valence-corrected chi connectivity index (χ0v) is 44.2. The number of nitrogens with one attached hydrogen (secondary N) is 1. The second-order valence-corrected chi connectivity index (χ2v) is 20.2. The molecule has 0 saturated carbocycles. The Labute approximate surface area is 442 Å². The Kier molecular flexibility index (Phi) is 16.4. The molecule has 0 spiro atoms. The minimum absolute atomic E-state index is 0.0626. The van der Waals surface area contributed by atoms with Crippen LogP contribution in [0.1, 0.15) is 41.5 Å². The van der Waals surface area contributed by atoms with E-state index < -0.39 is 48.8 Å². The van der Waals surface area contributed by atoms with Crippen molar-refractivity contribution >= 4 is 75.6 Å². The van der Waals surface area contributed by atoms with Crippen LogP contribution in [-0.2, 0) is 32.0 Å². The highest BCUT2D eigenvalue weighted by Gasteiger charge is 2.36. The van der Waals surface area contributed by atoms with Gasteiger partial charge in [-0.15, -0.1) is 0 Å². The first kappa shape index (κ1) is 56.2. The number of anilines is 5. The van der Waals surface area contributed by atoms with E-state index in [0.717, 1.165) is 18.9 Å². The van der Waals surface area contributed by atoms with Crippen molar-refractivity contribution in [1.29, 1.82) is 0 Å². The normalized spacial score (nSPS) is 15.9. The summed E-state index contributed by atoms with van der Waals surface area (Å²) in [5.74, 6) is 1.31. The SMILES string of the molecule is CN(C(=O)OC(C)(C)C)c1ncc(-c2nc(N3CCOCC3)c3nc(Cl)n(CC(F)(F)F)c3n2)cn1.CN(C(=O)OC(C)(C)C)c1ncc(-c2nc(N3CCOCC3)c3nc(N4CCNCC4)n(CC(F)(F)F)c3n2)cn1. The number of imidazole rings is 2. The van der Waals surface area contributed by atoms with Gasteiger partial charge in [-0.25, -0.2) is 69.2 Å². The lowest BCUT2D eigenvalue weighted by Crippen LogP contribution is -2.45. The number of piperazine rings is 1. The molecule has 1 N–H and O–H groups in total. The molecule has 0 bridgehead atoms. The van der Waals surface area contributed by atoms with Crippen LogP contribution in [0.4, 0.5) is 65.4 Å². The Balaban J connectivity index is 0.000000205. The number of fused-ring (bicyclic) bond motifs is 2. The predicted octanol–water partition coefficient (Wildman–Crippen LogP) is 6.17. The molecule has 3 aliphatic rings. The van der Waals surface area contributed by atoms with Gasteiger partial charge >= 0.3 is 24.5 Å². The monoisotopic (exact) mass is 1110 g/mol. The lowest BCUT2D eigenvalue weighted by atomic mass is 10.2. The number of aromatic nitrogens is 12. The molecule has 31 heteroatoms. The number of rotatable bonds is 9. The molecule has 0 aromatic carbocycles. The first-order valence-electron chi connectivity index (χ1n) is 24.3. The molecule has 9 rings (SSSR count). The number of hydrogen-bond donors (Lipinski definition) is 1. The molecule has 3 fully saturated rings. The van der Waals surface area contributed by atoms with Gasteiger partial charge in [0.15, 0.2) is 45.6 Å². The van der Waals surface area contributed by atoms with Crippen molar-refractivity contribution in [3.05, 3.63) is 30.1 Å². The van der Waals surface area contributed by atoms with Crippen molar-refractivity contribution in [2.45, 2.75) is 78.2 Å². The highest BCUT2D eigenvalue weighted by Crippen LogP contribution is 2.35. The second-order valence-electron chi connectivity index (χ2n) is 19.8. The number of carbonyl (C=O) groups excluding carboxylic acids is 2. The van der Waals surface area contributed by atoms with Gasteiger partial charge in [-0.2, -0.15) is 26.3 Å². The average Bonchev–Trinajstić information content (AvgIpc) is 3.94. The summed E-state index contributed by atoms with van der Waals surface area (Å²) in [4.78, 5) is 76.6. The fraction of sp³-hybridized carbons (Fsp3) is 0.565. The van der Waals surface area contributed by atoms with Crippen LogP contribution in [0.3, 0.4) is 0 Å². The summed E-state index contributed by atoms with van der Waals surface area (Å²) in [5, 5.41) is 2.86. The van der Waals surface area contributed by atoms with E-state index in [9.17, 15) is 35.9 Å². The first-order chi connectivity index (χ1) is 36.2. The zero-order valence-electron chi connectivity index (χ0n) is 43.4. The number of halogens is 7. The molecule has 0 atom stereocenters. The molecular weight excluding hydrogens is 1050 g/mol. The van der Waals surface area contributed by atoms with Crippen LogP contribution in [0, 0.1) is 0 Å². The van der Waals surface area contributed by atoms with Gasteiger partial charge in [0.05, 0.1) is 37.6 Å². The predicted molar refractivity (Wildman–Crippen MR) is 270 cm³/mol. The van der Waals surface area contributed by atoms with Crippen LogP contribution in [0.5, 0.6) is 0 Å². The van der Waals surface area contributed by atoms with Crippen molar-refractivity contribution in [3.63, 3.8) is 0 Å². The zero-order chi connectivity index (χ0) is 55.6. The maximum absolute atomic E-state index is 13.8. The van der Waals surface area contributed by atoms with Crippen LogP contribution in [0.15, 0.2) is 24.8 Å². The molecule has 2 amide bonds. The Bertz CT molecular complexity index is 3040. The summed E-state index contributed by atoms with van der Waals surface area (Å²) in [6.45, 7) is 13.8. The standard InChI is InChI=1S/C25H33F3N10O3.C21H24ClF3N8O3/c1-24(2,3)41-23(39)35(4)21-30-13-16(14-31-21)18-33-19(36-9-11-40-12-10-36)17-20(34-18)38(15-25(26,27)28)22(32-17)37-7-5-29-6-8-37;1-20(2,3)36-19(34)31(4)18-26-9-12(10-27-18)14-29-15(32-5-7-35-8-6-32)13-16(30-14)33(17(22)28-13)11-21(23,24)25/h13-14,29H,5-12,15H2,1-4H3;9-10H,5-8,11H2,1-4H3. The molecule has 6 aromatic rings. The average molecular weight is 1110 g/mol. The van der Waals surface area contributed by atoms with Crippen molar-refractivity contribution in [2.24, 2.45) is 0 Å². The van der Waals surface area contributed by atoms with Crippen LogP contribution < -0.4 is 29.8 Å². The molecular formula is C46H57ClF6N18O6. The topological polar surface area (TPSA) is 238 Å². The fourth-order valence-electron chi connectivity index (χ4n) is 7.98. The summed E-state index contributed by atoms with van der Waals surface area (Å²) in [6.07, 6.45) is -4.72. The van der Waals surface area contributed by atoms with E-state index in [0.29, 0.717) is 102 Å². The maximum Gasteiger partial charge on any atom is 0.416 e. The minimum Gasteiger partial charge on any atom is -0.443 e. The smallest absolute Gasteiger partial charge is 0.416 e. The van der Waals surface area contributed by atoms with Gasteiger partial charge in [-0.3, -0.25) is 9.13 Å². The highest BCUT2D eigenvalue weighted by molar-refractivity contribution is 6.29. The van der Waals surface area contributed by atoms with Crippen LogP contribution in [-0.4, -0.2) is 188 Å². The first-order valence-corrected chi connectivity index (χ1v) is 24.6. The molecule has 9 heterocycles. The number of hydrogen-bond acceptors (Lipinski definition) is 20. The fourth-order valence-corrected chi connectivity index (χ4v) is 8.20. The van der Waals surface area contributed by atoms with E-state index in [-0.39, 0.29) is 57.1 Å². The summed E-state index contributed by atoms with van der Waals surface area (Å²) in [6, 6.07) is 0. The van der Waals surface area contributed by atoms with Crippen LogP contribution in [0.25, 0.3) is 45.1 Å². The number of alkyl halides is 6. The van der Waals surface area contributed by atoms with E-state index in [4.69, 9.17) is 35.5 Å². The van der Waals surface area contributed by atoms with Crippen molar-refractivity contribution < 1.29 is 54.9 Å². The maximum atomic E-state index is 13.8. The highest BCUT2D eigenvalue weighted by atomic mass is 35.5. The lowest BCUT2D eigenvalue weighted by Gasteiger charge is -2.28. The van der Waals surface area contributed by atoms with E-state index in [1.807, 2.05) is 14.7 Å². The Morgan fingerprint density at radius 1 is 0.584 bits per heavy atom. The molecule has 0 aliphatic carbocycles. The molecule has 3 aliphatic heterocycles. The number of nitrogens with zero attached hydrogens (tertiary/aromatic N) is 17. The van der Waals surface area contributed by atoms with Gasteiger partial charge in [0, 0.05) is 91.2 Å². The molecule has 0 unspecified atom stereocenters. The number of carbonyl (C=O) groups is 2. The number of ether oxygens (including phenoxy) is 4. The van der Waals surface area contributed by atoms with Crippen molar-refractivity contribution in [3.8, 4) is 22.8 Å². The Morgan fingerprint density at radius 2 is 0.974 bits per heavy atom. The molecule has 3 saturated heterocycles. The van der Waals surface area contributed by atoms with Gasteiger partial charge in [0.1, 0.15) is 24.3 Å². The molecule has 6 aromatic heterocycles. The third-order valence-corrected chi connectivity index (χ3v) is 11.8. The van der Waals surface area contributed by atoms with Gasteiger partial charge in [0.2, 0.25) is 23.1 Å². The molecule has 416 valence electrons. The lowest BCUT2D eigenvalue weighted by molar-refractivity contribution is -0.140.